The van der Waals surface area contributed by atoms with Crippen LogP contribution in [0.3, 0.4) is 0 Å². The van der Waals surface area contributed by atoms with Gasteiger partial charge in [0.1, 0.15) is 5.82 Å². The van der Waals surface area contributed by atoms with Crippen LogP contribution in [0, 0.1) is 11.7 Å². The van der Waals surface area contributed by atoms with E-state index in [1.54, 1.807) is 0 Å². The Morgan fingerprint density at radius 1 is 1.14 bits per heavy atom. The average molecular weight is 381 g/mol. The van der Waals surface area contributed by atoms with Crippen molar-refractivity contribution < 1.29 is 13.9 Å². The number of esters is 1. The number of piperidine rings is 1. The molecule has 0 N–H and O–H groups in total. The highest BCUT2D eigenvalue weighted by atomic mass is 19.1. The quantitative estimate of drug-likeness (QED) is 0.638. The van der Waals surface area contributed by atoms with Crippen molar-refractivity contribution in [3.63, 3.8) is 0 Å². The molecular weight excluding hydrogens is 353 g/mol. The summed E-state index contributed by atoms with van der Waals surface area (Å²) in [5, 5.41) is 0. The molecule has 3 rings (SSSR count). The molecule has 1 heterocycles. The van der Waals surface area contributed by atoms with Crippen LogP contribution < -0.4 is 0 Å². The van der Waals surface area contributed by atoms with Crippen LogP contribution in [-0.2, 0) is 9.53 Å². The summed E-state index contributed by atoms with van der Waals surface area (Å²) in [4.78, 5) is 14.4. The van der Waals surface area contributed by atoms with Gasteiger partial charge in [-0.3, -0.25) is 4.79 Å². The average Bonchev–Trinajstić information content (AvgIpc) is 2.73. The molecule has 4 heteroatoms. The van der Waals surface area contributed by atoms with E-state index in [0.717, 1.165) is 55.6 Å². The summed E-state index contributed by atoms with van der Waals surface area (Å²) < 4.78 is 18.5. The van der Waals surface area contributed by atoms with Gasteiger partial charge in [-0.25, -0.2) is 4.39 Å². The third-order valence-corrected chi connectivity index (χ3v) is 5.16. The summed E-state index contributed by atoms with van der Waals surface area (Å²) in [6.45, 7) is 4.97. The highest BCUT2D eigenvalue weighted by Gasteiger charge is 2.26. The van der Waals surface area contributed by atoms with Crippen LogP contribution in [0.2, 0.25) is 0 Å². The first-order valence-electron chi connectivity index (χ1n) is 10.1. The van der Waals surface area contributed by atoms with Gasteiger partial charge < -0.3 is 9.64 Å². The third-order valence-electron chi connectivity index (χ3n) is 5.16. The zero-order chi connectivity index (χ0) is 19.8. The zero-order valence-electron chi connectivity index (χ0n) is 16.4. The maximum Gasteiger partial charge on any atom is 0.310 e. The van der Waals surface area contributed by atoms with Gasteiger partial charge in [0.25, 0.3) is 0 Å². The molecule has 0 bridgehead atoms. The van der Waals surface area contributed by atoms with Gasteiger partial charge in [-0.1, -0.05) is 48.5 Å². The fourth-order valence-electron chi connectivity index (χ4n) is 3.75. The molecule has 0 saturated carbocycles. The van der Waals surface area contributed by atoms with Crippen molar-refractivity contribution in [3.8, 4) is 0 Å². The number of rotatable bonds is 7. The van der Waals surface area contributed by atoms with Crippen LogP contribution in [-0.4, -0.2) is 37.1 Å². The van der Waals surface area contributed by atoms with Crippen molar-refractivity contribution in [2.45, 2.75) is 26.2 Å². The minimum atomic E-state index is -0.227. The fourth-order valence-corrected chi connectivity index (χ4v) is 3.75. The van der Waals surface area contributed by atoms with Crippen molar-refractivity contribution in [1.82, 2.24) is 4.90 Å². The molecular formula is C24H28FNO2. The Kier molecular flexibility index (Phi) is 7.38. The van der Waals surface area contributed by atoms with Crippen LogP contribution in [0.25, 0.3) is 5.57 Å². The highest BCUT2D eigenvalue weighted by molar-refractivity contribution is 5.79. The van der Waals surface area contributed by atoms with E-state index < -0.39 is 0 Å². The van der Waals surface area contributed by atoms with Crippen LogP contribution in [0.4, 0.5) is 4.39 Å². The predicted octanol–water partition coefficient (Wildman–Crippen LogP) is 4.92. The summed E-state index contributed by atoms with van der Waals surface area (Å²) in [5.41, 5.74) is 3.24. The molecule has 1 unspecified atom stereocenters. The van der Waals surface area contributed by atoms with Crippen molar-refractivity contribution in [3.05, 3.63) is 77.6 Å². The van der Waals surface area contributed by atoms with Crippen molar-refractivity contribution in [2.75, 3.05) is 26.2 Å². The van der Waals surface area contributed by atoms with Gasteiger partial charge in [0.15, 0.2) is 0 Å². The Bertz CT molecular complexity index is 786. The molecule has 1 aliphatic rings. The second kappa shape index (κ2) is 10.2. The smallest absolute Gasteiger partial charge is 0.310 e. The second-order valence-corrected chi connectivity index (χ2v) is 7.17. The molecule has 148 valence electrons. The van der Waals surface area contributed by atoms with Gasteiger partial charge >= 0.3 is 5.97 Å². The number of hydrogen-bond acceptors (Lipinski definition) is 3. The first-order valence-corrected chi connectivity index (χ1v) is 10.1. The van der Waals surface area contributed by atoms with Gasteiger partial charge in [-0.05, 0) is 61.6 Å². The molecule has 1 saturated heterocycles. The molecule has 0 spiro atoms. The monoisotopic (exact) mass is 381 g/mol. The van der Waals surface area contributed by atoms with E-state index in [9.17, 15) is 9.18 Å². The van der Waals surface area contributed by atoms with Gasteiger partial charge in [-0.15, -0.1) is 0 Å². The Morgan fingerprint density at radius 2 is 1.86 bits per heavy atom. The molecule has 0 radical (unpaired) electrons. The van der Waals surface area contributed by atoms with E-state index in [-0.39, 0.29) is 17.7 Å². The second-order valence-electron chi connectivity index (χ2n) is 7.17. The van der Waals surface area contributed by atoms with Crippen LogP contribution >= 0.6 is 0 Å². The molecule has 1 aliphatic heterocycles. The van der Waals surface area contributed by atoms with Crippen molar-refractivity contribution >= 4 is 11.5 Å². The normalized spacial score (nSPS) is 18.1. The van der Waals surface area contributed by atoms with Gasteiger partial charge in [0, 0.05) is 13.1 Å². The third kappa shape index (κ3) is 5.52. The Balaban J connectivity index is 1.68. The summed E-state index contributed by atoms with van der Waals surface area (Å²) in [6.07, 6.45) is 5.03. The van der Waals surface area contributed by atoms with E-state index >= 15 is 0 Å². The van der Waals surface area contributed by atoms with Gasteiger partial charge in [0.05, 0.1) is 12.5 Å². The Hall–Kier alpha value is -2.46. The van der Waals surface area contributed by atoms with E-state index in [0.29, 0.717) is 6.61 Å². The molecule has 2 aromatic carbocycles. The van der Waals surface area contributed by atoms with Gasteiger partial charge in [-0.2, -0.15) is 0 Å². The molecule has 1 fully saturated rings. The van der Waals surface area contributed by atoms with E-state index in [2.05, 4.69) is 23.1 Å². The van der Waals surface area contributed by atoms with Crippen LogP contribution in [0.15, 0.2) is 60.7 Å². The van der Waals surface area contributed by atoms with Crippen molar-refractivity contribution in [2.24, 2.45) is 5.92 Å². The molecule has 28 heavy (non-hydrogen) atoms. The minimum Gasteiger partial charge on any atom is -0.466 e. The molecule has 0 aromatic heterocycles. The number of hydrogen-bond donors (Lipinski definition) is 0. The standard InChI is InChI=1S/C24H28FNO2/c1-2-28-24(27)21-10-6-16-26(18-21)17-7-11-23(19-8-4-3-5-9-19)20-12-14-22(25)15-13-20/h3-5,8-9,11-15,21H,2,6-7,10,16-18H2,1H3. The van der Waals surface area contributed by atoms with Crippen LogP contribution in [0.5, 0.6) is 0 Å². The zero-order valence-corrected chi connectivity index (χ0v) is 16.4. The van der Waals surface area contributed by atoms with Crippen LogP contribution in [0.1, 0.15) is 37.3 Å². The summed E-state index contributed by atoms with van der Waals surface area (Å²) >= 11 is 0. The lowest BCUT2D eigenvalue weighted by atomic mass is 9.96. The first-order chi connectivity index (χ1) is 13.7. The van der Waals surface area contributed by atoms with Gasteiger partial charge in [0.2, 0.25) is 0 Å². The molecule has 0 amide bonds. The van der Waals surface area contributed by atoms with E-state index in [4.69, 9.17) is 4.74 Å². The molecule has 1 atom stereocenters. The molecule has 0 aliphatic carbocycles. The number of benzene rings is 2. The Morgan fingerprint density at radius 3 is 2.57 bits per heavy atom. The highest BCUT2D eigenvalue weighted by Crippen LogP contribution is 2.25. The number of ether oxygens (including phenoxy) is 1. The Labute approximate surface area is 166 Å². The fraction of sp³-hybridized carbons (Fsp3) is 0.375. The lowest BCUT2D eigenvalue weighted by Gasteiger charge is -2.31. The largest absolute Gasteiger partial charge is 0.466 e. The lowest BCUT2D eigenvalue weighted by molar-refractivity contribution is -0.149. The maximum atomic E-state index is 13.3. The SMILES string of the molecule is CCOC(=O)C1CCCN(CCC=C(c2ccccc2)c2ccc(F)cc2)C1. The lowest BCUT2D eigenvalue weighted by Crippen LogP contribution is -2.39. The minimum absolute atomic E-state index is 0.0108. The number of carbonyl (C=O) groups excluding carboxylic acids is 1. The number of nitrogens with zero attached hydrogens (tertiary/aromatic N) is 1. The maximum absolute atomic E-state index is 13.3. The summed E-state index contributed by atoms with van der Waals surface area (Å²) in [5.74, 6) is -0.308. The first kappa shape index (κ1) is 20.3. The predicted molar refractivity (Wildman–Crippen MR) is 110 cm³/mol. The number of carbonyl (C=O) groups is 1. The summed E-state index contributed by atoms with van der Waals surface area (Å²) in [6, 6.07) is 16.8. The topological polar surface area (TPSA) is 29.5 Å². The molecule has 3 nitrogen and oxygen atoms in total. The van der Waals surface area contributed by atoms with Crippen molar-refractivity contribution in [1.29, 1.82) is 0 Å². The van der Waals surface area contributed by atoms with E-state index in [1.165, 1.54) is 12.1 Å². The molecule has 2 aromatic rings. The number of likely N-dealkylation sites (tertiary alicyclic amines) is 1. The van der Waals surface area contributed by atoms with E-state index in [1.807, 2.05) is 37.3 Å². The number of halogens is 1. The summed E-state index contributed by atoms with van der Waals surface area (Å²) in [7, 11) is 0.